The van der Waals surface area contributed by atoms with Gasteiger partial charge in [0.1, 0.15) is 18.0 Å². The van der Waals surface area contributed by atoms with E-state index in [1.807, 2.05) is 31.2 Å². The van der Waals surface area contributed by atoms with Gasteiger partial charge in [-0.15, -0.1) is 12.4 Å². The van der Waals surface area contributed by atoms with Crippen LogP contribution in [-0.2, 0) is 17.9 Å². The molecule has 0 saturated carbocycles. The van der Waals surface area contributed by atoms with Crippen LogP contribution in [0.25, 0.3) is 6.08 Å². The Morgan fingerprint density at radius 2 is 1.78 bits per heavy atom. The Bertz CT molecular complexity index is 1810. The molecule has 12 heteroatoms. The van der Waals surface area contributed by atoms with E-state index in [1.54, 1.807) is 73.5 Å². The van der Waals surface area contributed by atoms with Gasteiger partial charge in [0.2, 0.25) is 11.8 Å². The van der Waals surface area contributed by atoms with Crippen molar-refractivity contribution in [2.24, 2.45) is 0 Å². The van der Waals surface area contributed by atoms with E-state index in [0.717, 1.165) is 22.3 Å². The lowest BCUT2D eigenvalue weighted by Gasteiger charge is -2.34. The highest BCUT2D eigenvalue weighted by atomic mass is 35.5. The number of ether oxygens (including phenoxy) is 3. The van der Waals surface area contributed by atoms with Crippen LogP contribution in [0.1, 0.15) is 41.7 Å². The molecule has 1 saturated heterocycles. The van der Waals surface area contributed by atoms with E-state index in [-0.39, 0.29) is 30.7 Å². The first-order chi connectivity index (χ1) is 23.5. The van der Waals surface area contributed by atoms with Gasteiger partial charge in [-0.25, -0.2) is 9.37 Å². The van der Waals surface area contributed by atoms with Crippen LogP contribution in [0, 0.1) is 24.1 Å². The van der Waals surface area contributed by atoms with Crippen molar-refractivity contribution in [3.05, 3.63) is 118 Å². The van der Waals surface area contributed by atoms with Gasteiger partial charge in [0.05, 0.1) is 29.5 Å². The van der Waals surface area contributed by atoms with E-state index < -0.39 is 11.4 Å². The zero-order chi connectivity index (χ0) is 35.0. The fourth-order valence-electron chi connectivity index (χ4n) is 5.16. The number of piperazine rings is 1. The quantitative estimate of drug-likeness (QED) is 0.151. The summed E-state index contributed by atoms with van der Waals surface area (Å²) in [6, 6.07) is 21.2. The summed E-state index contributed by atoms with van der Waals surface area (Å²) in [7, 11) is 0. The van der Waals surface area contributed by atoms with Crippen LogP contribution in [0.5, 0.6) is 23.1 Å². The minimum Gasteiger partial charge on any atom is -0.487 e. The number of rotatable bonds is 12. The van der Waals surface area contributed by atoms with Crippen molar-refractivity contribution in [2.75, 3.05) is 32.8 Å². The molecule has 50 heavy (non-hydrogen) atoms. The van der Waals surface area contributed by atoms with Crippen LogP contribution in [0.3, 0.4) is 0 Å². The summed E-state index contributed by atoms with van der Waals surface area (Å²) in [6.07, 6.45) is 4.85. The molecular weight excluding hydrogens is 682 g/mol. The van der Waals surface area contributed by atoms with Gasteiger partial charge in [-0.2, -0.15) is 5.26 Å². The Kier molecular flexibility index (Phi) is 13.2. The summed E-state index contributed by atoms with van der Waals surface area (Å²) >= 11 is 6.58. The first-order valence-electron chi connectivity index (χ1n) is 15.9. The highest BCUT2D eigenvalue weighted by Gasteiger charge is 2.22. The molecule has 1 aromatic heterocycles. The average molecular weight is 722 g/mol. The van der Waals surface area contributed by atoms with Crippen molar-refractivity contribution in [2.45, 2.75) is 39.5 Å². The summed E-state index contributed by atoms with van der Waals surface area (Å²) in [5, 5.41) is 18.7. The number of nitrogens with zero attached hydrogens (tertiary/aromatic N) is 4. The van der Waals surface area contributed by atoms with Crippen molar-refractivity contribution in [1.82, 2.24) is 14.8 Å². The second kappa shape index (κ2) is 17.3. The molecule has 0 aliphatic carbocycles. The molecule has 4 aromatic rings. The van der Waals surface area contributed by atoms with Crippen LogP contribution in [-0.4, -0.2) is 64.2 Å². The molecule has 0 spiro atoms. The zero-order valence-corrected chi connectivity index (χ0v) is 29.6. The molecule has 1 aliphatic rings. The number of aryl methyl sites for hydroxylation is 1. The molecule has 0 bridgehead atoms. The molecule has 1 amide bonds. The van der Waals surface area contributed by atoms with E-state index in [0.29, 0.717) is 67.3 Å². The highest BCUT2D eigenvalue weighted by Crippen LogP contribution is 2.34. The monoisotopic (exact) mass is 720 g/mol. The fraction of sp³-hybridized carbons (Fsp3) is 0.289. The summed E-state index contributed by atoms with van der Waals surface area (Å²) in [5.74, 6) is 0.930. The number of halogens is 3. The molecule has 262 valence electrons. The third-order valence-corrected chi connectivity index (χ3v) is 8.21. The standard InChI is InChI=1S/C38H38ClFN4O5.ClH/c1-26-18-29(19-32(39)37(26)48-35-12-10-31(22-42-35)47-24-28-6-4-27(21-41)5-7-28)9-13-36(46)44-16-14-43(15-17-44)23-30-8-11-34(33(40)20-30)49-38(2,3)25-45;/h4-13,18-20,22,45H,14-17,23-25H2,1-3H3;1H. The van der Waals surface area contributed by atoms with Gasteiger partial charge < -0.3 is 24.2 Å². The van der Waals surface area contributed by atoms with Crippen LogP contribution in [0.2, 0.25) is 5.02 Å². The minimum atomic E-state index is -0.874. The number of benzene rings is 3. The van der Waals surface area contributed by atoms with Gasteiger partial charge in [0, 0.05) is 44.9 Å². The number of pyridine rings is 1. The lowest BCUT2D eigenvalue weighted by molar-refractivity contribution is -0.127. The van der Waals surface area contributed by atoms with E-state index in [4.69, 9.17) is 31.1 Å². The van der Waals surface area contributed by atoms with Crippen molar-refractivity contribution in [3.8, 4) is 29.2 Å². The molecule has 0 radical (unpaired) electrons. The molecule has 0 atom stereocenters. The van der Waals surface area contributed by atoms with Gasteiger partial charge >= 0.3 is 0 Å². The van der Waals surface area contributed by atoms with E-state index in [9.17, 15) is 14.3 Å². The maximum Gasteiger partial charge on any atom is 0.246 e. The van der Waals surface area contributed by atoms with Gasteiger partial charge in [0.15, 0.2) is 17.3 Å². The summed E-state index contributed by atoms with van der Waals surface area (Å²) in [6.45, 7) is 8.35. The third kappa shape index (κ3) is 10.4. The molecule has 0 unspecified atom stereocenters. The maximum absolute atomic E-state index is 14.6. The fourth-order valence-corrected chi connectivity index (χ4v) is 5.47. The first-order valence-corrected chi connectivity index (χ1v) is 16.2. The molecule has 1 aliphatic heterocycles. The molecule has 1 N–H and O–H groups in total. The van der Waals surface area contributed by atoms with Crippen LogP contribution >= 0.6 is 24.0 Å². The summed E-state index contributed by atoms with van der Waals surface area (Å²) < 4.78 is 32.0. The first kappa shape index (κ1) is 38.1. The molecule has 9 nitrogen and oxygen atoms in total. The van der Waals surface area contributed by atoms with Gasteiger partial charge in [0.25, 0.3) is 0 Å². The number of hydrogen-bond donors (Lipinski definition) is 1. The normalized spacial score (nSPS) is 13.4. The van der Waals surface area contributed by atoms with Crippen LogP contribution < -0.4 is 14.2 Å². The Labute approximate surface area is 302 Å². The second-order valence-corrected chi connectivity index (χ2v) is 12.8. The molecule has 2 heterocycles. The molecule has 5 rings (SSSR count). The van der Waals surface area contributed by atoms with E-state index >= 15 is 0 Å². The number of nitriles is 1. The highest BCUT2D eigenvalue weighted by molar-refractivity contribution is 6.32. The lowest BCUT2D eigenvalue weighted by atomic mass is 10.1. The topological polar surface area (TPSA) is 108 Å². The number of aliphatic hydroxyl groups is 1. The van der Waals surface area contributed by atoms with Gasteiger partial charge in [-0.3, -0.25) is 9.69 Å². The smallest absolute Gasteiger partial charge is 0.246 e. The number of amides is 1. The maximum atomic E-state index is 14.6. The van der Waals surface area contributed by atoms with Crippen molar-refractivity contribution in [3.63, 3.8) is 0 Å². The second-order valence-electron chi connectivity index (χ2n) is 12.4. The number of hydrogen-bond acceptors (Lipinski definition) is 8. The Morgan fingerprint density at radius 3 is 2.40 bits per heavy atom. The van der Waals surface area contributed by atoms with Crippen molar-refractivity contribution >= 4 is 36.0 Å². The number of carbonyl (C=O) groups excluding carboxylic acids is 1. The summed E-state index contributed by atoms with van der Waals surface area (Å²) in [5.41, 5.74) is 3.01. The van der Waals surface area contributed by atoms with Crippen molar-refractivity contribution < 1.29 is 28.5 Å². The Hall–Kier alpha value is -4.66. The summed E-state index contributed by atoms with van der Waals surface area (Å²) in [4.78, 5) is 21.3. The lowest BCUT2D eigenvalue weighted by Crippen LogP contribution is -2.47. The Morgan fingerprint density at radius 1 is 1.06 bits per heavy atom. The van der Waals surface area contributed by atoms with Crippen LogP contribution in [0.4, 0.5) is 4.39 Å². The predicted octanol–water partition coefficient (Wildman–Crippen LogP) is 7.35. The average Bonchev–Trinajstić information content (AvgIpc) is 3.10. The molecular formula is C38H39Cl2FN4O5. The zero-order valence-electron chi connectivity index (χ0n) is 28.1. The SMILES string of the molecule is Cc1cc(C=CC(=O)N2CCN(Cc3ccc(OC(C)(C)CO)c(F)c3)CC2)cc(Cl)c1Oc1ccc(OCc2ccc(C#N)cc2)cn1.Cl. The molecule has 3 aromatic carbocycles. The molecule has 1 fully saturated rings. The van der Waals surface area contributed by atoms with E-state index in [2.05, 4.69) is 16.0 Å². The number of carbonyl (C=O) groups is 1. The minimum absolute atomic E-state index is 0. The predicted molar refractivity (Wildman–Crippen MR) is 192 cm³/mol. The van der Waals surface area contributed by atoms with Crippen LogP contribution in [0.15, 0.2) is 79.0 Å². The largest absolute Gasteiger partial charge is 0.487 e. The van der Waals surface area contributed by atoms with Gasteiger partial charge in [-0.05, 0) is 91.6 Å². The number of aromatic nitrogens is 1. The van der Waals surface area contributed by atoms with Crippen molar-refractivity contribution in [1.29, 1.82) is 5.26 Å². The Balaban J connectivity index is 0.00000562. The third-order valence-electron chi connectivity index (χ3n) is 7.93. The number of aliphatic hydroxyl groups excluding tert-OH is 1. The van der Waals surface area contributed by atoms with E-state index in [1.165, 1.54) is 6.07 Å². The van der Waals surface area contributed by atoms with Gasteiger partial charge in [-0.1, -0.05) is 29.8 Å².